The minimum absolute atomic E-state index is 0.209. The number of amides is 1. The van der Waals surface area contributed by atoms with Crippen molar-refractivity contribution in [3.05, 3.63) is 52.3 Å². The molecule has 2 aromatic carbocycles. The summed E-state index contributed by atoms with van der Waals surface area (Å²) in [6.45, 7) is 2.80. The Hall–Kier alpha value is -3.18. The first-order valence-electron chi connectivity index (χ1n) is 9.03. The molecule has 30 heavy (non-hydrogen) atoms. The van der Waals surface area contributed by atoms with Crippen molar-refractivity contribution in [1.82, 2.24) is 25.4 Å². The molecule has 0 aliphatic carbocycles. The molecule has 0 spiro atoms. The molecule has 152 valence electrons. The van der Waals surface area contributed by atoms with Gasteiger partial charge in [0.2, 0.25) is 5.13 Å². The van der Waals surface area contributed by atoms with Gasteiger partial charge in [-0.25, -0.2) is 9.67 Å². The maximum atomic E-state index is 12.6. The van der Waals surface area contributed by atoms with Crippen molar-refractivity contribution < 1.29 is 14.3 Å². The molecule has 5 rings (SSSR count). The van der Waals surface area contributed by atoms with E-state index in [-0.39, 0.29) is 5.69 Å². The van der Waals surface area contributed by atoms with Gasteiger partial charge in [-0.05, 0) is 37.3 Å². The molecule has 0 atom stereocenters. The van der Waals surface area contributed by atoms with Crippen LogP contribution in [0, 0.1) is 6.92 Å². The highest BCUT2D eigenvalue weighted by molar-refractivity contribution is 9.10. The second-order valence-electron chi connectivity index (χ2n) is 6.47. The third kappa shape index (κ3) is 3.46. The number of anilines is 1. The van der Waals surface area contributed by atoms with Crippen LogP contribution in [-0.4, -0.2) is 39.1 Å². The van der Waals surface area contributed by atoms with E-state index in [1.165, 1.54) is 11.3 Å². The van der Waals surface area contributed by atoms with Crippen LogP contribution < -0.4 is 20.3 Å². The van der Waals surface area contributed by atoms with Gasteiger partial charge in [0.25, 0.3) is 5.91 Å². The number of halogens is 1. The average molecular weight is 487 g/mol. The highest BCUT2D eigenvalue weighted by atomic mass is 79.9. The molecule has 11 heteroatoms. The molecular weight excluding hydrogens is 472 g/mol. The molecule has 3 heterocycles. The van der Waals surface area contributed by atoms with Crippen molar-refractivity contribution in [3.63, 3.8) is 0 Å². The van der Waals surface area contributed by atoms with Gasteiger partial charge >= 0.3 is 0 Å². The van der Waals surface area contributed by atoms with Gasteiger partial charge in [0.05, 0.1) is 21.6 Å². The van der Waals surface area contributed by atoms with E-state index in [1.54, 1.807) is 11.6 Å². The summed E-state index contributed by atoms with van der Waals surface area (Å²) in [5, 5.41) is 8.73. The summed E-state index contributed by atoms with van der Waals surface area (Å²) >= 11 is 4.87. The zero-order chi connectivity index (χ0) is 20.7. The first-order chi connectivity index (χ1) is 14.6. The number of carbonyl (C=O) groups excluding carboxylic acids is 1. The molecule has 2 aromatic heterocycles. The summed E-state index contributed by atoms with van der Waals surface area (Å²) in [4.78, 5) is 17.1. The van der Waals surface area contributed by atoms with E-state index < -0.39 is 5.91 Å². The van der Waals surface area contributed by atoms with Crippen LogP contribution in [0.2, 0.25) is 0 Å². The highest BCUT2D eigenvalue weighted by Crippen LogP contribution is 2.32. The van der Waals surface area contributed by atoms with Gasteiger partial charge in [0.1, 0.15) is 13.2 Å². The minimum atomic E-state index is -0.406. The quantitative estimate of drug-likeness (QED) is 0.425. The van der Waals surface area contributed by atoms with Crippen LogP contribution in [0.15, 0.2) is 40.9 Å². The van der Waals surface area contributed by atoms with Crippen molar-refractivity contribution in [2.75, 3.05) is 18.6 Å². The Morgan fingerprint density at radius 1 is 1.17 bits per heavy atom. The molecular formula is C19H15BrN6O3S. The van der Waals surface area contributed by atoms with Crippen LogP contribution >= 0.6 is 27.3 Å². The van der Waals surface area contributed by atoms with E-state index in [4.69, 9.17) is 9.47 Å². The van der Waals surface area contributed by atoms with Gasteiger partial charge in [-0.3, -0.25) is 15.6 Å². The van der Waals surface area contributed by atoms with Crippen molar-refractivity contribution in [2.45, 2.75) is 6.92 Å². The molecule has 1 aliphatic rings. The Morgan fingerprint density at radius 2 is 2.00 bits per heavy atom. The zero-order valence-electron chi connectivity index (χ0n) is 15.7. The number of benzene rings is 2. The van der Waals surface area contributed by atoms with E-state index in [0.717, 1.165) is 20.4 Å². The standard InChI is InChI=1S/C19H15BrN6O3S/c1-10-17(18(27)23-24-19-21-13-4-2-11(20)8-16(13)30-19)22-25-26(10)12-3-5-14-15(9-12)29-7-6-28-14/h2-5,8-9H,6-7H2,1H3,(H,21,24)(H,23,27). The van der Waals surface area contributed by atoms with Gasteiger partial charge in [-0.1, -0.05) is 32.5 Å². The number of fused-ring (bicyclic) bond motifs is 2. The zero-order valence-corrected chi connectivity index (χ0v) is 18.1. The number of hydrogen-bond acceptors (Lipinski definition) is 8. The lowest BCUT2D eigenvalue weighted by Gasteiger charge is -2.18. The Balaban J connectivity index is 1.33. The Morgan fingerprint density at radius 3 is 2.87 bits per heavy atom. The molecule has 0 unspecified atom stereocenters. The molecule has 2 N–H and O–H groups in total. The Labute approximate surface area is 183 Å². The fourth-order valence-corrected chi connectivity index (χ4v) is 4.44. The number of carbonyl (C=O) groups is 1. The van der Waals surface area contributed by atoms with E-state index in [0.29, 0.717) is 35.5 Å². The lowest BCUT2D eigenvalue weighted by molar-refractivity contribution is 0.0957. The van der Waals surface area contributed by atoms with Crippen molar-refractivity contribution in [1.29, 1.82) is 0 Å². The molecule has 0 saturated heterocycles. The summed E-state index contributed by atoms with van der Waals surface area (Å²) < 4.78 is 14.7. The smallest absolute Gasteiger partial charge is 0.292 e. The van der Waals surface area contributed by atoms with Gasteiger partial charge < -0.3 is 9.47 Å². The second-order valence-corrected chi connectivity index (χ2v) is 8.42. The SMILES string of the molecule is Cc1c(C(=O)NNc2nc3ccc(Br)cc3s2)nnn1-c1ccc2c(c1)OCCO2. The molecule has 1 aliphatic heterocycles. The Bertz CT molecular complexity index is 1270. The fraction of sp³-hybridized carbons (Fsp3) is 0.158. The average Bonchev–Trinajstić information content (AvgIpc) is 3.34. The van der Waals surface area contributed by atoms with Crippen molar-refractivity contribution in [3.8, 4) is 17.2 Å². The van der Waals surface area contributed by atoms with Crippen LogP contribution in [0.25, 0.3) is 15.9 Å². The lowest BCUT2D eigenvalue weighted by Crippen LogP contribution is -2.30. The summed E-state index contributed by atoms with van der Waals surface area (Å²) in [6.07, 6.45) is 0. The highest BCUT2D eigenvalue weighted by Gasteiger charge is 2.19. The van der Waals surface area contributed by atoms with Gasteiger partial charge in [-0.2, -0.15) is 0 Å². The minimum Gasteiger partial charge on any atom is -0.486 e. The molecule has 4 aromatic rings. The first kappa shape index (κ1) is 18.8. The van der Waals surface area contributed by atoms with Crippen LogP contribution in [0.3, 0.4) is 0 Å². The second kappa shape index (κ2) is 7.58. The van der Waals surface area contributed by atoms with Gasteiger partial charge in [0.15, 0.2) is 17.2 Å². The maximum absolute atomic E-state index is 12.6. The van der Waals surface area contributed by atoms with Crippen LogP contribution in [0.5, 0.6) is 11.5 Å². The van der Waals surface area contributed by atoms with E-state index in [9.17, 15) is 4.79 Å². The topological polar surface area (TPSA) is 103 Å². The number of aromatic nitrogens is 4. The van der Waals surface area contributed by atoms with Crippen LogP contribution in [0.4, 0.5) is 5.13 Å². The number of hydrogen-bond donors (Lipinski definition) is 2. The summed E-state index contributed by atoms with van der Waals surface area (Å²) in [5.74, 6) is 0.924. The number of thiazole rings is 1. The molecule has 9 nitrogen and oxygen atoms in total. The number of nitrogens with zero attached hydrogens (tertiary/aromatic N) is 4. The lowest BCUT2D eigenvalue weighted by atomic mass is 10.2. The normalized spacial score (nSPS) is 12.7. The number of nitrogens with one attached hydrogen (secondary N) is 2. The predicted molar refractivity (Wildman–Crippen MR) is 115 cm³/mol. The monoisotopic (exact) mass is 486 g/mol. The van der Waals surface area contributed by atoms with E-state index in [2.05, 4.69) is 42.1 Å². The summed E-state index contributed by atoms with van der Waals surface area (Å²) in [5.41, 5.74) is 7.86. The maximum Gasteiger partial charge on any atom is 0.292 e. The third-order valence-corrected chi connectivity index (χ3v) is 5.94. The predicted octanol–water partition coefficient (Wildman–Crippen LogP) is 3.48. The fourth-order valence-electron chi connectivity index (χ4n) is 3.07. The van der Waals surface area contributed by atoms with Gasteiger partial charge in [0, 0.05) is 10.5 Å². The molecule has 0 radical (unpaired) electrons. The van der Waals surface area contributed by atoms with Crippen molar-refractivity contribution >= 4 is 48.5 Å². The third-order valence-electron chi connectivity index (χ3n) is 4.51. The van der Waals surface area contributed by atoms with Crippen LogP contribution in [0.1, 0.15) is 16.2 Å². The summed E-state index contributed by atoms with van der Waals surface area (Å²) in [6, 6.07) is 11.3. The molecule has 0 saturated carbocycles. The van der Waals surface area contributed by atoms with E-state index in [1.807, 2.05) is 36.4 Å². The van der Waals surface area contributed by atoms with Gasteiger partial charge in [-0.15, -0.1) is 5.10 Å². The molecule has 0 bridgehead atoms. The number of ether oxygens (including phenoxy) is 2. The summed E-state index contributed by atoms with van der Waals surface area (Å²) in [7, 11) is 0. The van der Waals surface area contributed by atoms with Crippen molar-refractivity contribution in [2.24, 2.45) is 0 Å². The molecule has 0 fully saturated rings. The van der Waals surface area contributed by atoms with E-state index >= 15 is 0 Å². The number of hydrazine groups is 1. The first-order valence-corrected chi connectivity index (χ1v) is 10.6. The van der Waals surface area contributed by atoms with Crippen LogP contribution in [-0.2, 0) is 0 Å². The molecule has 1 amide bonds. The number of rotatable bonds is 4. The Kier molecular flexibility index (Phi) is 4.75. The largest absolute Gasteiger partial charge is 0.486 e.